The zero-order chi connectivity index (χ0) is 13.1. The molecule has 0 saturated carbocycles. The lowest BCUT2D eigenvalue weighted by Gasteiger charge is -2.31. The van der Waals surface area contributed by atoms with Crippen LogP contribution in [0.3, 0.4) is 0 Å². The van der Waals surface area contributed by atoms with E-state index < -0.39 is 6.10 Å². The summed E-state index contributed by atoms with van der Waals surface area (Å²) in [4.78, 5) is 13.8. The van der Waals surface area contributed by atoms with Gasteiger partial charge in [0.1, 0.15) is 11.9 Å². The maximum absolute atomic E-state index is 12.1. The summed E-state index contributed by atoms with van der Waals surface area (Å²) in [5, 5.41) is 9.47. The van der Waals surface area contributed by atoms with Gasteiger partial charge in [0.2, 0.25) is 0 Å². The molecule has 0 aliphatic carbocycles. The zero-order valence-corrected chi connectivity index (χ0v) is 10.4. The molecular weight excluding hydrogens is 232 g/mol. The molecule has 1 atom stereocenters. The zero-order valence-electron chi connectivity index (χ0n) is 10.4. The second-order valence-electron chi connectivity index (χ2n) is 4.42. The van der Waals surface area contributed by atoms with Crippen LogP contribution in [0.5, 0.6) is 5.75 Å². The summed E-state index contributed by atoms with van der Waals surface area (Å²) >= 11 is 0. The van der Waals surface area contributed by atoms with E-state index in [1.807, 2.05) is 6.07 Å². The second kappa shape index (κ2) is 5.37. The Hall–Kier alpha value is -1.59. The number of rotatable bonds is 3. The SMILES string of the molecule is COC(CN)C(=O)N1CCc2ccc(O)cc2C1. The summed E-state index contributed by atoms with van der Waals surface area (Å²) in [6.45, 7) is 1.34. The molecule has 1 aromatic rings. The van der Waals surface area contributed by atoms with Gasteiger partial charge in [0.05, 0.1) is 0 Å². The van der Waals surface area contributed by atoms with Gasteiger partial charge in [0.25, 0.3) is 5.91 Å². The predicted octanol–water partition coefficient (Wildman–Crippen LogP) is 0.251. The third-order valence-corrected chi connectivity index (χ3v) is 3.29. The van der Waals surface area contributed by atoms with E-state index in [0.29, 0.717) is 13.1 Å². The number of ether oxygens (including phenoxy) is 1. The van der Waals surface area contributed by atoms with Gasteiger partial charge in [-0.15, -0.1) is 0 Å². The van der Waals surface area contributed by atoms with Crippen molar-refractivity contribution in [2.24, 2.45) is 5.73 Å². The fourth-order valence-corrected chi connectivity index (χ4v) is 2.23. The van der Waals surface area contributed by atoms with Crippen LogP contribution in [-0.4, -0.2) is 42.2 Å². The molecule has 5 heteroatoms. The number of nitrogens with two attached hydrogens (primary N) is 1. The Kier molecular flexibility index (Phi) is 3.84. The van der Waals surface area contributed by atoms with Crippen LogP contribution in [0.1, 0.15) is 11.1 Å². The molecule has 0 bridgehead atoms. The molecule has 1 aliphatic heterocycles. The van der Waals surface area contributed by atoms with E-state index in [1.54, 1.807) is 17.0 Å². The first-order chi connectivity index (χ1) is 8.65. The molecule has 1 heterocycles. The number of fused-ring (bicyclic) bond motifs is 1. The van der Waals surface area contributed by atoms with Crippen molar-refractivity contribution in [2.75, 3.05) is 20.2 Å². The largest absolute Gasteiger partial charge is 0.508 e. The summed E-state index contributed by atoms with van der Waals surface area (Å²) < 4.78 is 5.06. The van der Waals surface area contributed by atoms with Gasteiger partial charge in [-0.3, -0.25) is 4.79 Å². The average molecular weight is 250 g/mol. The minimum atomic E-state index is -0.580. The Morgan fingerprint density at radius 1 is 1.56 bits per heavy atom. The van der Waals surface area contributed by atoms with E-state index in [0.717, 1.165) is 12.0 Å². The van der Waals surface area contributed by atoms with E-state index in [4.69, 9.17) is 10.5 Å². The van der Waals surface area contributed by atoms with Crippen LogP contribution in [0.15, 0.2) is 18.2 Å². The molecule has 1 unspecified atom stereocenters. The van der Waals surface area contributed by atoms with Crippen molar-refractivity contribution in [1.29, 1.82) is 0 Å². The average Bonchev–Trinajstić information content (AvgIpc) is 2.39. The number of hydrogen-bond acceptors (Lipinski definition) is 4. The van der Waals surface area contributed by atoms with Crippen LogP contribution < -0.4 is 5.73 Å². The van der Waals surface area contributed by atoms with Crippen LogP contribution in [0.2, 0.25) is 0 Å². The van der Waals surface area contributed by atoms with Crippen molar-refractivity contribution < 1.29 is 14.6 Å². The number of carbonyl (C=O) groups is 1. The fourth-order valence-electron chi connectivity index (χ4n) is 2.23. The lowest BCUT2D eigenvalue weighted by Crippen LogP contribution is -2.45. The molecule has 0 fully saturated rings. The number of carbonyl (C=O) groups excluding carboxylic acids is 1. The molecule has 5 nitrogen and oxygen atoms in total. The number of phenols is 1. The van der Waals surface area contributed by atoms with Gasteiger partial charge in [-0.25, -0.2) is 0 Å². The molecule has 0 aromatic heterocycles. The first-order valence-corrected chi connectivity index (χ1v) is 5.98. The van der Waals surface area contributed by atoms with Crippen LogP contribution in [0, 0.1) is 0 Å². The first-order valence-electron chi connectivity index (χ1n) is 5.98. The third-order valence-electron chi connectivity index (χ3n) is 3.29. The lowest BCUT2D eigenvalue weighted by molar-refractivity contribution is -0.142. The quantitative estimate of drug-likeness (QED) is 0.806. The first kappa shape index (κ1) is 12.9. The van der Waals surface area contributed by atoms with Crippen molar-refractivity contribution in [3.05, 3.63) is 29.3 Å². The number of amides is 1. The summed E-state index contributed by atoms with van der Waals surface area (Å²) in [5.74, 6) is 0.138. The van der Waals surface area contributed by atoms with Gasteiger partial charge in [-0.2, -0.15) is 0 Å². The van der Waals surface area contributed by atoms with Crippen molar-refractivity contribution in [3.63, 3.8) is 0 Å². The summed E-state index contributed by atoms with van der Waals surface area (Å²) in [5.41, 5.74) is 7.66. The highest BCUT2D eigenvalue weighted by molar-refractivity contribution is 5.81. The Morgan fingerprint density at radius 3 is 3.00 bits per heavy atom. The van der Waals surface area contributed by atoms with Crippen LogP contribution in [0.4, 0.5) is 0 Å². The van der Waals surface area contributed by atoms with Crippen LogP contribution in [-0.2, 0) is 22.5 Å². The van der Waals surface area contributed by atoms with E-state index in [9.17, 15) is 9.90 Å². The molecule has 1 amide bonds. The highest BCUT2D eigenvalue weighted by Crippen LogP contribution is 2.23. The van der Waals surface area contributed by atoms with Crippen molar-refractivity contribution in [3.8, 4) is 5.75 Å². The monoisotopic (exact) mass is 250 g/mol. The normalized spacial score (nSPS) is 16.2. The Balaban J connectivity index is 2.14. The van der Waals surface area contributed by atoms with Crippen molar-refractivity contribution in [1.82, 2.24) is 4.90 Å². The number of methoxy groups -OCH3 is 1. The molecular formula is C13H18N2O3. The Labute approximate surface area is 106 Å². The highest BCUT2D eigenvalue weighted by atomic mass is 16.5. The van der Waals surface area contributed by atoms with Gasteiger partial charge < -0.3 is 20.5 Å². The summed E-state index contributed by atoms with van der Waals surface area (Å²) in [6.07, 6.45) is 0.214. The maximum Gasteiger partial charge on any atom is 0.253 e. The van der Waals surface area contributed by atoms with Gasteiger partial charge in [-0.1, -0.05) is 6.07 Å². The minimum absolute atomic E-state index is 0.0889. The number of nitrogens with zero attached hydrogens (tertiary/aromatic N) is 1. The van der Waals surface area contributed by atoms with Crippen molar-refractivity contribution in [2.45, 2.75) is 19.1 Å². The highest BCUT2D eigenvalue weighted by Gasteiger charge is 2.26. The molecule has 0 saturated heterocycles. The van der Waals surface area contributed by atoms with Gasteiger partial charge in [0.15, 0.2) is 0 Å². The Bertz CT molecular complexity index is 444. The molecule has 2 rings (SSSR count). The van der Waals surface area contributed by atoms with E-state index >= 15 is 0 Å². The number of phenolic OH excluding ortho intramolecular Hbond substituents is 1. The molecule has 1 aromatic carbocycles. The molecule has 0 spiro atoms. The lowest BCUT2D eigenvalue weighted by atomic mass is 9.99. The number of benzene rings is 1. The minimum Gasteiger partial charge on any atom is -0.508 e. The smallest absolute Gasteiger partial charge is 0.253 e. The van der Waals surface area contributed by atoms with Gasteiger partial charge in [-0.05, 0) is 29.7 Å². The summed E-state index contributed by atoms with van der Waals surface area (Å²) in [7, 11) is 1.49. The molecule has 1 aliphatic rings. The Morgan fingerprint density at radius 2 is 2.33 bits per heavy atom. The topological polar surface area (TPSA) is 75.8 Å². The summed E-state index contributed by atoms with van der Waals surface area (Å²) in [6, 6.07) is 5.29. The number of aromatic hydroxyl groups is 1. The molecule has 98 valence electrons. The number of hydrogen-bond donors (Lipinski definition) is 2. The maximum atomic E-state index is 12.1. The van der Waals surface area contributed by atoms with E-state index in [1.165, 1.54) is 12.7 Å². The predicted molar refractivity (Wildman–Crippen MR) is 67.1 cm³/mol. The standard InChI is InChI=1S/C13H18N2O3/c1-18-12(7-14)13(17)15-5-4-9-2-3-11(16)6-10(9)8-15/h2-3,6,12,16H,4-5,7-8,14H2,1H3. The fraction of sp³-hybridized carbons (Fsp3) is 0.462. The van der Waals surface area contributed by atoms with Crippen LogP contribution in [0.25, 0.3) is 0 Å². The van der Waals surface area contributed by atoms with E-state index in [-0.39, 0.29) is 18.2 Å². The molecule has 3 N–H and O–H groups in total. The van der Waals surface area contributed by atoms with E-state index in [2.05, 4.69) is 0 Å². The van der Waals surface area contributed by atoms with Crippen molar-refractivity contribution >= 4 is 5.91 Å². The van der Waals surface area contributed by atoms with Crippen LogP contribution >= 0.6 is 0 Å². The van der Waals surface area contributed by atoms with Gasteiger partial charge >= 0.3 is 0 Å². The molecule has 0 radical (unpaired) electrons. The third kappa shape index (κ3) is 2.47. The van der Waals surface area contributed by atoms with Gasteiger partial charge in [0, 0.05) is 26.7 Å². The molecule has 18 heavy (non-hydrogen) atoms. The second-order valence-corrected chi connectivity index (χ2v) is 4.42.